The van der Waals surface area contributed by atoms with E-state index in [1.165, 1.54) is 0 Å². The van der Waals surface area contributed by atoms with E-state index >= 15 is 0 Å². The molecule has 23 heavy (non-hydrogen) atoms. The van der Waals surface area contributed by atoms with E-state index in [1.807, 2.05) is 76.2 Å². The second kappa shape index (κ2) is 5.52. The molecule has 0 saturated carbocycles. The predicted octanol–water partition coefficient (Wildman–Crippen LogP) is 3.52. The zero-order chi connectivity index (χ0) is 16.7. The number of nitrogens with zero attached hydrogens (tertiary/aromatic N) is 1. The molecule has 0 aromatic heterocycles. The lowest BCUT2D eigenvalue weighted by Gasteiger charge is -2.32. The standard InChI is InChI=1S/C19H20BNO2/c1-18(2)19(3,4)23-20(22-18)17-12-8-7-11-16(17)15-10-6-5-9-14(15)13-21/h5-12H,1-4H3. The van der Waals surface area contributed by atoms with E-state index < -0.39 is 7.12 Å². The zero-order valence-corrected chi connectivity index (χ0v) is 14.0. The molecule has 0 radical (unpaired) electrons. The summed E-state index contributed by atoms with van der Waals surface area (Å²) in [5.41, 5.74) is 2.70. The van der Waals surface area contributed by atoms with Gasteiger partial charge in [-0.1, -0.05) is 42.5 Å². The van der Waals surface area contributed by atoms with Crippen molar-refractivity contribution in [1.29, 1.82) is 5.26 Å². The molecule has 1 aliphatic heterocycles. The fourth-order valence-electron chi connectivity index (χ4n) is 2.73. The van der Waals surface area contributed by atoms with Gasteiger partial charge in [-0.25, -0.2) is 0 Å². The quantitative estimate of drug-likeness (QED) is 0.797. The molecule has 1 heterocycles. The summed E-state index contributed by atoms with van der Waals surface area (Å²) in [6.07, 6.45) is 0. The predicted molar refractivity (Wildman–Crippen MR) is 92.3 cm³/mol. The van der Waals surface area contributed by atoms with Crippen LogP contribution in [-0.2, 0) is 9.31 Å². The molecule has 0 spiro atoms. The maximum absolute atomic E-state index is 9.39. The lowest BCUT2D eigenvalue weighted by Crippen LogP contribution is -2.41. The number of nitriles is 1. The van der Waals surface area contributed by atoms with Gasteiger partial charge >= 0.3 is 7.12 Å². The number of benzene rings is 2. The van der Waals surface area contributed by atoms with Crippen molar-refractivity contribution >= 4 is 12.6 Å². The molecule has 0 amide bonds. The highest BCUT2D eigenvalue weighted by molar-refractivity contribution is 6.63. The van der Waals surface area contributed by atoms with E-state index in [0.717, 1.165) is 16.6 Å². The van der Waals surface area contributed by atoms with Crippen molar-refractivity contribution in [1.82, 2.24) is 0 Å². The van der Waals surface area contributed by atoms with Crippen LogP contribution in [0.2, 0.25) is 0 Å². The molecule has 4 heteroatoms. The number of rotatable bonds is 2. The fraction of sp³-hybridized carbons (Fsp3) is 0.316. The molecule has 2 aromatic carbocycles. The Balaban J connectivity index is 2.09. The smallest absolute Gasteiger partial charge is 0.399 e. The monoisotopic (exact) mass is 305 g/mol. The minimum absolute atomic E-state index is 0.389. The summed E-state index contributed by atoms with van der Waals surface area (Å²) >= 11 is 0. The molecule has 0 bridgehead atoms. The molecule has 2 aromatic rings. The van der Waals surface area contributed by atoms with Crippen molar-refractivity contribution < 1.29 is 9.31 Å². The Morgan fingerprint density at radius 1 is 0.826 bits per heavy atom. The molecule has 0 N–H and O–H groups in total. The summed E-state index contributed by atoms with van der Waals surface area (Å²) in [5.74, 6) is 0. The van der Waals surface area contributed by atoms with Gasteiger partial charge < -0.3 is 9.31 Å². The highest BCUT2D eigenvalue weighted by Gasteiger charge is 2.52. The van der Waals surface area contributed by atoms with Crippen LogP contribution in [0.15, 0.2) is 48.5 Å². The maximum Gasteiger partial charge on any atom is 0.495 e. The summed E-state index contributed by atoms with van der Waals surface area (Å²) in [7, 11) is -0.442. The van der Waals surface area contributed by atoms with Crippen LogP contribution in [0, 0.1) is 11.3 Å². The highest BCUT2D eigenvalue weighted by atomic mass is 16.7. The van der Waals surface area contributed by atoms with Crippen molar-refractivity contribution in [2.24, 2.45) is 0 Å². The normalized spacial score (nSPS) is 18.7. The molecular weight excluding hydrogens is 285 g/mol. The summed E-state index contributed by atoms with van der Waals surface area (Å²) in [6.45, 7) is 8.16. The first-order valence-electron chi connectivity index (χ1n) is 7.80. The highest BCUT2D eigenvalue weighted by Crippen LogP contribution is 2.37. The van der Waals surface area contributed by atoms with Gasteiger partial charge in [-0.3, -0.25) is 0 Å². The van der Waals surface area contributed by atoms with E-state index in [-0.39, 0.29) is 11.2 Å². The van der Waals surface area contributed by atoms with Crippen LogP contribution in [0.1, 0.15) is 33.3 Å². The van der Waals surface area contributed by atoms with Crippen LogP contribution in [0.4, 0.5) is 0 Å². The van der Waals surface area contributed by atoms with Crippen LogP contribution >= 0.6 is 0 Å². The second-order valence-electron chi connectivity index (χ2n) is 6.83. The Morgan fingerprint density at radius 2 is 1.35 bits per heavy atom. The van der Waals surface area contributed by atoms with Gasteiger partial charge in [0.15, 0.2) is 0 Å². The molecule has 1 aliphatic rings. The third-order valence-corrected chi connectivity index (χ3v) is 4.81. The molecular formula is C19H20BNO2. The van der Waals surface area contributed by atoms with E-state index in [2.05, 4.69) is 6.07 Å². The van der Waals surface area contributed by atoms with Gasteiger partial charge in [-0.2, -0.15) is 5.26 Å². The van der Waals surface area contributed by atoms with Gasteiger partial charge in [0.05, 0.1) is 22.8 Å². The average molecular weight is 305 g/mol. The fourth-order valence-corrected chi connectivity index (χ4v) is 2.73. The maximum atomic E-state index is 9.39. The van der Waals surface area contributed by atoms with Crippen LogP contribution in [0.25, 0.3) is 11.1 Å². The number of hydrogen-bond acceptors (Lipinski definition) is 3. The molecule has 3 nitrogen and oxygen atoms in total. The molecule has 3 rings (SSSR count). The van der Waals surface area contributed by atoms with Gasteiger partial charge in [0.25, 0.3) is 0 Å². The third kappa shape index (κ3) is 2.67. The van der Waals surface area contributed by atoms with Gasteiger partial charge in [0, 0.05) is 0 Å². The lowest BCUT2D eigenvalue weighted by atomic mass is 9.74. The first-order valence-corrected chi connectivity index (χ1v) is 7.80. The first kappa shape index (κ1) is 15.8. The van der Waals surface area contributed by atoms with Gasteiger partial charge in [-0.15, -0.1) is 0 Å². The SMILES string of the molecule is CC1(C)OB(c2ccccc2-c2ccccc2C#N)OC1(C)C. The van der Waals surface area contributed by atoms with Crippen molar-refractivity contribution in [3.05, 3.63) is 54.1 Å². The van der Waals surface area contributed by atoms with Crippen LogP contribution < -0.4 is 5.46 Å². The number of hydrogen-bond donors (Lipinski definition) is 0. The molecule has 116 valence electrons. The molecule has 0 aliphatic carbocycles. The van der Waals surface area contributed by atoms with E-state index in [4.69, 9.17) is 9.31 Å². The third-order valence-electron chi connectivity index (χ3n) is 4.81. The van der Waals surface area contributed by atoms with Gasteiger partial charge in [-0.05, 0) is 50.4 Å². The zero-order valence-electron chi connectivity index (χ0n) is 14.0. The van der Waals surface area contributed by atoms with Crippen LogP contribution in [0.5, 0.6) is 0 Å². The summed E-state index contributed by atoms with van der Waals surface area (Å²) in [6, 6.07) is 17.8. The minimum Gasteiger partial charge on any atom is -0.399 e. The average Bonchev–Trinajstić information content (AvgIpc) is 2.75. The molecule has 1 saturated heterocycles. The van der Waals surface area contributed by atoms with Gasteiger partial charge in [0.1, 0.15) is 0 Å². The lowest BCUT2D eigenvalue weighted by molar-refractivity contribution is 0.00578. The van der Waals surface area contributed by atoms with Crippen molar-refractivity contribution in [2.75, 3.05) is 0 Å². The summed E-state index contributed by atoms with van der Waals surface area (Å²) in [4.78, 5) is 0. The minimum atomic E-state index is -0.442. The van der Waals surface area contributed by atoms with E-state index in [9.17, 15) is 5.26 Å². The summed E-state index contributed by atoms with van der Waals surface area (Å²) in [5, 5.41) is 9.39. The van der Waals surface area contributed by atoms with Crippen molar-refractivity contribution in [2.45, 2.75) is 38.9 Å². The van der Waals surface area contributed by atoms with Crippen molar-refractivity contribution in [3.63, 3.8) is 0 Å². The van der Waals surface area contributed by atoms with E-state index in [1.54, 1.807) is 0 Å². The Hall–Kier alpha value is -2.09. The van der Waals surface area contributed by atoms with E-state index in [0.29, 0.717) is 5.56 Å². The Bertz CT molecular complexity index is 761. The molecule has 1 fully saturated rings. The first-order chi connectivity index (χ1) is 10.9. The topological polar surface area (TPSA) is 42.2 Å². The van der Waals surface area contributed by atoms with Crippen LogP contribution in [0.3, 0.4) is 0 Å². The second-order valence-corrected chi connectivity index (χ2v) is 6.83. The molecule has 0 atom stereocenters. The van der Waals surface area contributed by atoms with Crippen molar-refractivity contribution in [3.8, 4) is 17.2 Å². The van der Waals surface area contributed by atoms with Crippen LogP contribution in [-0.4, -0.2) is 18.3 Å². The molecule has 0 unspecified atom stereocenters. The Morgan fingerprint density at radius 3 is 1.96 bits per heavy atom. The summed E-state index contributed by atoms with van der Waals surface area (Å²) < 4.78 is 12.4. The van der Waals surface area contributed by atoms with Gasteiger partial charge in [0.2, 0.25) is 0 Å². The Labute approximate surface area is 138 Å². The Kier molecular flexibility index (Phi) is 3.79. The largest absolute Gasteiger partial charge is 0.495 e.